The molecule has 8 aromatic rings. The molecule has 0 aliphatic heterocycles. The second kappa shape index (κ2) is 12.1. The lowest BCUT2D eigenvalue weighted by atomic mass is 9.86. The van der Waals surface area contributed by atoms with E-state index in [0.717, 1.165) is 61.6 Å². The van der Waals surface area contributed by atoms with Gasteiger partial charge < -0.3 is 9.13 Å². The van der Waals surface area contributed by atoms with E-state index >= 15 is 0 Å². The molecule has 0 spiro atoms. The fourth-order valence-corrected chi connectivity index (χ4v) is 7.90. The van der Waals surface area contributed by atoms with E-state index in [1.807, 2.05) is 48.5 Å². The maximum Gasteiger partial charge on any atom is 0.101 e. The smallest absolute Gasteiger partial charge is 0.101 e. The molecule has 1 atom stereocenters. The molecule has 0 saturated carbocycles. The fraction of sp³-hybridized carbons (Fsp3) is 0.0652. The van der Waals surface area contributed by atoms with Crippen LogP contribution in [0.15, 0.2) is 146 Å². The molecule has 1 aliphatic rings. The van der Waals surface area contributed by atoms with Crippen LogP contribution in [0.25, 0.3) is 54.9 Å². The number of benzene rings is 6. The molecule has 0 N–H and O–H groups in total. The first-order valence-electron chi connectivity index (χ1n) is 17.0. The molecule has 6 aromatic carbocycles. The van der Waals surface area contributed by atoms with E-state index in [1.54, 1.807) is 0 Å². The quantitative estimate of drug-likeness (QED) is 0.186. The van der Waals surface area contributed by atoms with Gasteiger partial charge in [0, 0.05) is 39.5 Å². The first-order chi connectivity index (χ1) is 25.2. The molecule has 0 radical (unpaired) electrons. The number of hydrogen-bond acceptors (Lipinski definition) is 3. The Kier molecular flexibility index (Phi) is 7.10. The number of hydrogen-bond donors (Lipinski definition) is 0. The largest absolute Gasteiger partial charge is 0.335 e. The van der Waals surface area contributed by atoms with Crippen LogP contribution in [0.3, 0.4) is 0 Å². The Morgan fingerprint density at radius 3 is 1.98 bits per heavy atom. The Balaban J connectivity index is 1.03. The van der Waals surface area contributed by atoms with Crippen molar-refractivity contribution >= 4 is 49.2 Å². The van der Waals surface area contributed by atoms with Crippen molar-refractivity contribution in [3.05, 3.63) is 179 Å². The molecule has 238 valence electrons. The van der Waals surface area contributed by atoms with Crippen LogP contribution in [0.4, 0.5) is 0 Å². The molecule has 5 heteroatoms. The highest BCUT2D eigenvalue weighted by molar-refractivity contribution is 6.11. The molecule has 9 rings (SSSR count). The molecular formula is C46H29N5. The summed E-state index contributed by atoms with van der Waals surface area (Å²) >= 11 is 0. The number of nitriles is 3. The monoisotopic (exact) mass is 651 g/mol. The van der Waals surface area contributed by atoms with Gasteiger partial charge in [-0.1, -0.05) is 103 Å². The number of nitrogens with zero attached hydrogens (tertiary/aromatic N) is 5. The van der Waals surface area contributed by atoms with Gasteiger partial charge in [-0.3, -0.25) is 0 Å². The number of aromatic nitrogens is 2. The lowest BCUT2D eigenvalue weighted by molar-refractivity contribution is 0.844. The minimum atomic E-state index is 0.113. The molecule has 0 amide bonds. The summed E-state index contributed by atoms with van der Waals surface area (Å²) in [6.45, 7) is 0.600. The van der Waals surface area contributed by atoms with Crippen LogP contribution in [0, 0.1) is 34.0 Å². The Bertz CT molecular complexity index is 2840. The molecule has 51 heavy (non-hydrogen) atoms. The van der Waals surface area contributed by atoms with Gasteiger partial charge in [0.25, 0.3) is 0 Å². The van der Waals surface area contributed by atoms with E-state index in [4.69, 9.17) is 0 Å². The average Bonchev–Trinajstić information content (AvgIpc) is 3.70. The number of rotatable bonds is 5. The number of allylic oxidation sites excluding steroid dienone is 4. The lowest BCUT2D eigenvalue weighted by Gasteiger charge is -2.22. The summed E-state index contributed by atoms with van der Waals surface area (Å²) in [5.74, 6) is 0.113. The normalized spacial score (nSPS) is 14.1. The van der Waals surface area contributed by atoms with Crippen LogP contribution in [-0.2, 0) is 6.54 Å². The Morgan fingerprint density at radius 2 is 1.29 bits per heavy atom. The highest BCUT2D eigenvalue weighted by atomic mass is 15.0. The Labute approximate surface area is 295 Å². The summed E-state index contributed by atoms with van der Waals surface area (Å²) in [5.41, 5.74) is 11.5. The summed E-state index contributed by atoms with van der Waals surface area (Å²) in [6, 6.07) is 50.2. The summed E-state index contributed by atoms with van der Waals surface area (Å²) in [4.78, 5) is 0. The van der Waals surface area contributed by atoms with Crippen molar-refractivity contribution in [3.8, 4) is 23.9 Å². The summed E-state index contributed by atoms with van der Waals surface area (Å²) in [5, 5.41) is 34.1. The van der Waals surface area contributed by atoms with E-state index in [0.29, 0.717) is 23.2 Å². The highest BCUT2D eigenvalue weighted by Crippen LogP contribution is 2.40. The van der Waals surface area contributed by atoms with Gasteiger partial charge >= 0.3 is 0 Å². The van der Waals surface area contributed by atoms with Crippen LogP contribution in [0.2, 0.25) is 0 Å². The van der Waals surface area contributed by atoms with Crippen LogP contribution in [0.5, 0.6) is 0 Å². The molecular weight excluding hydrogens is 623 g/mol. The van der Waals surface area contributed by atoms with Gasteiger partial charge in [-0.15, -0.1) is 0 Å². The van der Waals surface area contributed by atoms with Crippen molar-refractivity contribution in [2.45, 2.75) is 18.9 Å². The number of para-hydroxylation sites is 4. The van der Waals surface area contributed by atoms with Crippen LogP contribution < -0.4 is 0 Å². The molecule has 2 heterocycles. The maximum absolute atomic E-state index is 10.3. The summed E-state index contributed by atoms with van der Waals surface area (Å²) in [6.07, 6.45) is 7.59. The maximum atomic E-state index is 10.3. The first kappa shape index (κ1) is 30.0. The zero-order valence-electron chi connectivity index (χ0n) is 27.6. The SMILES string of the molecule is N#Cc1ccc2c(c1)c1cccc(C#N)c1n2Cc1ccc(C2=CCC(c3cccc(C#N)c3-n3c4ccccc4c4ccccc43)C=C2)cc1. The third kappa shape index (κ3) is 4.82. The zero-order valence-corrected chi connectivity index (χ0v) is 27.6. The highest BCUT2D eigenvalue weighted by Gasteiger charge is 2.22. The second-order valence-electron chi connectivity index (χ2n) is 13.0. The molecule has 0 saturated heterocycles. The minimum Gasteiger partial charge on any atom is -0.335 e. The minimum absolute atomic E-state index is 0.113. The zero-order chi connectivity index (χ0) is 34.5. The topological polar surface area (TPSA) is 81.2 Å². The van der Waals surface area contributed by atoms with Crippen molar-refractivity contribution in [1.82, 2.24) is 9.13 Å². The third-order valence-electron chi connectivity index (χ3n) is 10.3. The van der Waals surface area contributed by atoms with E-state index < -0.39 is 0 Å². The Morgan fingerprint density at radius 1 is 0.608 bits per heavy atom. The van der Waals surface area contributed by atoms with Gasteiger partial charge in [0.2, 0.25) is 0 Å². The predicted octanol–water partition coefficient (Wildman–Crippen LogP) is 10.7. The van der Waals surface area contributed by atoms with Crippen molar-refractivity contribution in [3.63, 3.8) is 0 Å². The van der Waals surface area contributed by atoms with Gasteiger partial charge in [-0.05, 0) is 71.1 Å². The van der Waals surface area contributed by atoms with E-state index in [1.165, 1.54) is 16.3 Å². The fourth-order valence-electron chi connectivity index (χ4n) is 7.90. The van der Waals surface area contributed by atoms with Crippen molar-refractivity contribution < 1.29 is 0 Å². The van der Waals surface area contributed by atoms with Gasteiger partial charge in [0.15, 0.2) is 0 Å². The molecule has 1 aliphatic carbocycles. The Hall–Kier alpha value is -7.13. The van der Waals surface area contributed by atoms with E-state index in [9.17, 15) is 15.8 Å². The molecule has 2 aromatic heterocycles. The van der Waals surface area contributed by atoms with E-state index in [-0.39, 0.29) is 5.92 Å². The molecule has 0 fully saturated rings. The summed E-state index contributed by atoms with van der Waals surface area (Å²) in [7, 11) is 0. The summed E-state index contributed by atoms with van der Waals surface area (Å²) < 4.78 is 4.46. The molecule has 1 unspecified atom stereocenters. The van der Waals surface area contributed by atoms with Crippen molar-refractivity contribution in [2.75, 3.05) is 0 Å². The second-order valence-corrected chi connectivity index (χ2v) is 13.0. The first-order valence-corrected chi connectivity index (χ1v) is 17.0. The van der Waals surface area contributed by atoms with Gasteiger partial charge in [-0.25, -0.2) is 0 Å². The molecule has 5 nitrogen and oxygen atoms in total. The van der Waals surface area contributed by atoms with Gasteiger partial charge in [0.05, 0.1) is 45.0 Å². The van der Waals surface area contributed by atoms with Crippen LogP contribution in [-0.4, -0.2) is 9.13 Å². The third-order valence-corrected chi connectivity index (χ3v) is 10.3. The van der Waals surface area contributed by atoms with Crippen LogP contribution in [0.1, 0.15) is 45.7 Å². The standard InChI is InChI=1S/C46H29N5/c47-26-31-17-24-42-41(25-31)40-12-6-7-35(27-48)45(40)50(42)29-30-15-18-32(19-16-30)33-20-22-34(23-21-33)37-11-5-8-36(28-49)46(37)51-43-13-3-1-9-38(43)39-10-2-4-14-44(39)51/h1-22,24-25,34H,23,29H2. The number of fused-ring (bicyclic) bond motifs is 6. The lowest BCUT2D eigenvalue weighted by Crippen LogP contribution is -2.07. The van der Waals surface area contributed by atoms with Gasteiger partial charge in [-0.2, -0.15) is 15.8 Å². The molecule has 0 bridgehead atoms. The van der Waals surface area contributed by atoms with Crippen molar-refractivity contribution in [2.24, 2.45) is 0 Å². The van der Waals surface area contributed by atoms with Gasteiger partial charge in [0.1, 0.15) is 12.1 Å². The predicted molar refractivity (Wildman–Crippen MR) is 204 cm³/mol. The van der Waals surface area contributed by atoms with Crippen LogP contribution >= 0.6 is 0 Å². The van der Waals surface area contributed by atoms with E-state index in [2.05, 4.69) is 124 Å². The average molecular weight is 652 g/mol. The van der Waals surface area contributed by atoms with Crippen molar-refractivity contribution in [1.29, 1.82) is 15.8 Å².